The number of benzene rings is 2. The number of amidine groups is 1. The second-order valence-corrected chi connectivity index (χ2v) is 5.68. The molecule has 0 bridgehead atoms. The van der Waals surface area contributed by atoms with E-state index in [1.807, 2.05) is 12.1 Å². The lowest BCUT2D eigenvalue weighted by atomic mass is 10.0. The molecule has 134 valence electrons. The molecule has 0 fully saturated rings. The van der Waals surface area contributed by atoms with Crippen LogP contribution in [0.4, 0.5) is 24.5 Å². The highest BCUT2D eigenvalue weighted by molar-refractivity contribution is 5.97. The molecular formula is C18H16F3N5. The van der Waals surface area contributed by atoms with E-state index in [1.165, 1.54) is 12.1 Å². The van der Waals surface area contributed by atoms with Crippen molar-refractivity contribution in [2.75, 3.05) is 5.43 Å². The molecule has 0 aliphatic carbocycles. The number of hydrogen-bond acceptors (Lipinski definition) is 4. The number of hydrogen-bond donors (Lipinski definition) is 1. The van der Waals surface area contributed by atoms with Crippen LogP contribution in [0, 0.1) is 11.3 Å². The molecule has 2 rings (SSSR count). The minimum Gasteiger partial charge on any atom is -0.276 e. The zero-order chi connectivity index (χ0) is 19.2. The lowest BCUT2D eigenvalue weighted by Crippen LogP contribution is -2.04. The summed E-state index contributed by atoms with van der Waals surface area (Å²) in [6, 6.07) is 13.4. The average Bonchev–Trinajstić information content (AvgIpc) is 2.62. The van der Waals surface area contributed by atoms with Gasteiger partial charge >= 0.3 is 6.18 Å². The van der Waals surface area contributed by atoms with Crippen LogP contribution in [-0.4, -0.2) is 5.84 Å². The van der Waals surface area contributed by atoms with Crippen LogP contribution in [0.15, 0.2) is 63.9 Å². The lowest BCUT2D eigenvalue weighted by Gasteiger charge is -2.07. The number of alkyl halides is 3. The summed E-state index contributed by atoms with van der Waals surface area (Å²) in [5.41, 5.74) is 3.72. The molecule has 0 unspecified atom stereocenters. The number of nitrogens with zero attached hydrogens (tertiary/aromatic N) is 4. The van der Waals surface area contributed by atoms with Gasteiger partial charge in [-0.1, -0.05) is 26.0 Å². The molecule has 0 saturated carbocycles. The first kappa shape index (κ1) is 19.1. The molecule has 0 aliphatic heterocycles. The molecule has 1 N–H and O–H groups in total. The first-order valence-corrected chi connectivity index (χ1v) is 7.72. The molecule has 0 atom stereocenters. The molecular weight excluding hydrogens is 343 g/mol. The van der Waals surface area contributed by atoms with Gasteiger partial charge in [0.05, 0.1) is 16.9 Å². The Morgan fingerprint density at radius 1 is 1.04 bits per heavy atom. The fraction of sp³-hybridized carbons (Fsp3) is 0.222. The van der Waals surface area contributed by atoms with Crippen LogP contribution in [0.5, 0.6) is 0 Å². The van der Waals surface area contributed by atoms with Crippen molar-refractivity contribution in [3.05, 3.63) is 59.7 Å². The zero-order valence-corrected chi connectivity index (χ0v) is 14.1. The first-order valence-electron chi connectivity index (χ1n) is 7.72. The Bertz CT molecular complexity index is 829. The van der Waals surface area contributed by atoms with Crippen molar-refractivity contribution in [3.63, 3.8) is 0 Å². The highest BCUT2D eigenvalue weighted by atomic mass is 19.4. The van der Waals surface area contributed by atoms with Crippen molar-refractivity contribution >= 4 is 17.2 Å². The molecule has 0 aromatic heterocycles. The first-order chi connectivity index (χ1) is 12.3. The van der Waals surface area contributed by atoms with Crippen LogP contribution >= 0.6 is 0 Å². The largest absolute Gasteiger partial charge is 0.416 e. The van der Waals surface area contributed by atoms with E-state index in [0.29, 0.717) is 17.3 Å². The second-order valence-electron chi connectivity index (χ2n) is 5.68. The molecule has 0 aliphatic rings. The summed E-state index contributed by atoms with van der Waals surface area (Å²) in [5.74, 6) is 0.142. The van der Waals surface area contributed by atoms with Gasteiger partial charge in [-0.2, -0.15) is 18.4 Å². The van der Waals surface area contributed by atoms with Crippen molar-refractivity contribution in [2.45, 2.75) is 25.9 Å². The minimum absolute atomic E-state index is 0.252. The third-order valence-electron chi connectivity index (χ3n) is 3.42. The lowest BCUT2D eigenvalue weighted by molar-refractivity contribution is -0.137. The quantitative estimate of drug-likeness (QED) is 0.321. The van der Waals surface area contributed by atoms with E-state index in [1.54, 1.807) is 18.2 Å². The van der Waals surface area contributed by atoms with E-state index in [9.17, 15) is 13.2 Å². The zero-order valence-electron chi connectivity index (χ0n) is 14.1. The van der Waals surface area contributed by atoms with Gasteiger partial charge in [-0.3, -0.25) is 5.43 Å². The molecule has 2 aromatic rings. The van der Waals surface area contributed by atoms with Crippen molar-refractivity contribution < 1.29 is 13.2 Å². The standard InChI is InChI=1S/C18H16F3N5/c1-12(2)13-3-7-15(8-4-13)23-25-17(11-22)26-24-16-9-5-14(6-10-16)18(19,20)21/h3-10,12,24H,1-2H3. The predicted molar refractivity (Wildman–Crippen MR) is 93.2 cm³/mol. The Balaban J connectivity index is 2.04. The Labute approximate surface area is 148 Å². The summed E-state index contributed by atoms with van der Waals surface area (Å²) >= 11 is 0. The van der Waals surface area contributed by atoms with Crippen LogP contribution in [0.2, 0.25) is 0 Å². The van der Waals surface area contributed by atoms with Crippen LogP contribution in [0.3, 0.4) is 0 Å². The summed E-state index contributed by atoms with van der Waals surface area (Å²) in [5, 5.41) is 20.4. The van der Waals surface area contributed by atoms with Crippen LogP contribution in [0.1, 0.15) is 30.9 Å². The molecule has 0 heterocycles. The Morgan fingerprint density at radius 3 is 2.15 bits per heavy atom. The van der Waals surface area contributed by atoms with Gasteiger partial charge in [0.2, 0.25) is 0 Å². The van der Waals surface area contributed by atoms with Crippen molar-refractivity contribution in [1.82, 2.24) is 0 Å². The second kappa shape index (κ2) is 8.25. The number of halogens is 3. The highest BCUT2D eigenvalue weighted by Gasteiger charge is 2.29. The van der Waals surface area contributed by atoms with E-state index in [2.05, 4.69) is 34.6 Å². The van der Waals surface area contributed by atoms with E-state index in [4.69, 9.17) is 5.26 Å². The monoisotopic (exact) mass is 359 g/mol. The minimum atomic E-state index is -4.40. The van der Waals surface area contributed by atoms with Gasteiger partial charge in [-0.25, -0.2) is 0 Å². The van der Waals surface area contributed by atoms with E-state index < -0.39 is 11.7 Å². The maximum Gasteiger partial charge on any atom is 0.416 e. The number of azo groups is 1. The van der Waals surface area contributed by atoms with E-state index >= 15 is 0 Å². The van der Waals surface area contributed by atoms with Gasteiger partial charge in [0, 0.05) is 0 Å². The third kappa shape index (κ3) is 5.41. The maximum absolute atomic E-state index is 12.5. The number of nitrogens with one attached hydrogen (secondary N) is 1. The van der Waals surface area contributed by atoms with Gasteiger partial charge in [-0.05, 0) is 47.9 Å². The molecule has 5 nitrogen and oxygen atoms in total. The van der Waals surface area contributed by atoms with Gasteiger partial charge in [-0.15, -0.1) is 15.3 Å². The highest BCUT2D eigenvalue weighted by Crippen LogP contribution is 2.29. The SMILES string of the molecule is CC(C)c1ccc(N=NC(C#N)=NNc2ccc(C(F)(F)F)cc2)cc1. The molecule has 0 saturated heterocycles. The fourth-order valence-corrected chi connectivity index (χ4v) is 1.95. The van der Waals surface area contributed by atoms with Gasteiger partial charge in [0.25, 0.3) is 5.84 Å². The van der Waals surface area contributed by atoms with Crippen LogP contribution in [-0.2, 0) is 6.18 Å². The van der Waals surface area contributed by atoms with Gasteiger partial charge < -0.3 is 0 Å². The Hall–Kier alpha value is -3.21. The molecule has 0 radical (unpaired) electrons. The topological polar surface area (TPSA) is 72.9 Å². The summed E-state index contributed by atoms with van der Waals surface area (Å²) in [4.78, 5) is 0. The summed E-state index contributed by atoms with van der Waals surface area (Å²) in [6.07, 6.45) is -4.40. The Morgan fingerprint density at radius 2 is 1.65 bits per heavy atom. The summed E-state index contributed by atoms with van der Waals surface area (Å²) in [6.45, 7) is 4.15. The maximum atomic E-state index is 12.5. The molecule has 26 heavy (non-hydrogen) atoms. The average molecular weight is 359 g/mol. The summed E-state index contributed by atoms with van der Waals surface area (Å²) in [7, 11) is 0. The number of hydrazone groups is 1. The van der Waals surface area contributed by atoms with Gasteiger partial charge in [0.1, 0.15) is 6.07 Å². The van der Waals surface area contributed by atoms with Gasteiger partial charge in [0.15, 0.2) is 0 Å². The third-order valence-corrected chi connectivity index (χ3v) is 3.42. The van der Waals surface area contributed by atoms with Crippen molar-refractivity contribution in [3.8, 4) is 6.07 Å². The Kier molecular flexibility index (Phi) is 6.07. The molecule has 2 aromatic carbocycles. The summed E-state index contributed by atoms with van der Waals surface area (Å²) < 4.78 is 37.5. The van der Waals surface area contributed by atoms with Crippen molar-refractivity contribution in [2.24, 2.45) is 15.3 Å². The smallest absolute Gasteiger partial charge is 0.276 e. The van der Waals surface area contributed by atoms with E-state index in [-0.39, 0.29) is 5.84 Å². The van der Waals surface area contributed by atoms with Crippen LogP contribution in [0.25, 0.3) is 0 Å². The number of rotatable bonds is 4. The normalized spacial score (nSPS) is 12.4. The molecule has 0 spiro atoms. The fourth-order valence-electron chi connectivity index (χ4n) is 1.95. The molecule has 0 amide bonds. The van der Waals surface area contributed by atoms with E-state index in [0.717, 1.165) is 17.7 Å². The predicted octanol–water partition coefficient (Wildman–Crippen LogP) is 5.86. The number of nitriles is 1. The molecule has 8 heteroatoms. The van der Waals surface area contributed by atoms with Crippen LogP contribution < -0.4 is 5.43 Å². The van der Waals surface area contributed by atoms with Crippen molar-refractivity contribution in [1.29, 1.82) is 5.26 Å². The number of anilines is 1.